The number of hydrogen-bond donors (Lipinski definition) is 0. The molecule has 0 aliphatic rings. The van der Waals surface area contributed by atoms with Gasteiger partial charge in [0, 0.05) is 6.54 Å². The normalized spacial score (nSPS) is 13.8. The highest BCUT2D eigenvalue weighted by atomic mass is 19.1. The number of rotatable bonds is 13. The van der Waals surface area contributed by atoms with Gasteiger partial charge in [-0.25, -0.2) is 9.37 Å². The van der Waals surface area contributed by atoms with E-state index in [0.29, 0.717) is 23.4 Å². The molecule has 2 aromatic rings. The minimum atomic E-state index is -0.388. The van der Waals surface area contributed by atoms with Gasteiger partial charge in [0.25, 0.3) is 5.56 Å². The molecule has 0 bridgehead atoms. The van der Waals surface area contributed by atoms with E-state index in [1.165, 1.54) is 18.6 Å². The van der Waals surface area contributed by atoms with Crippen molar-refractivity contribution >= 4 is 10.9 Å². The molecule has 2 atom stereocenters. The Kier molecular flexibility index (Phi) is 9.96. The number of unbranched alkanes of at least 4 members (excludes halogenated alkanes) is 1. The molecule has 0 aliphatic carbocycles. The maximum Gasteiger partial charge on any atom is 0.261 e. The molecule has 0 spiro atoms. The quantitative estimate of drug-likeness (QED) is 0.382. The predicted octanol–water partition coefficient (Wildman–Crippen LogP) is 6.33. The first-order valence-corrected chi connectivity index (χ1v) is 11.9. The maximum absolute atomic E-state index is 13.8. The predicted molar refractivity (Wildman–Crippen MR) is 124 cm³/mol. The van der Waals surface area contributed by atoms with E-state index in [9.17, 15) is 9.18 Å². The van der Waals surface area contributed by atoms with Gasteiger partial charge in [0.1, 0.15) is 11.6 Å². The third-order valence-electron chi connectivity index (χ3n) is 6.10. The minimum absolute atomic E-state index is 0.110. The van der Waals surface area contributed by atoms with E-state index in [1.807, 2.05) is 4.57 Å². The lowest BCUT2D eigenvalue weighted by atomic mass is 10.0. The minimum Gasteiger partial charge on any atom is -0.295 e. The first-order chi connectivity index (χ1) is 14.5. The van der Waals surface area contributed by atoms with Crippen LogP contribution < -0.4 is 5.56 Å². The van der Waals surface area contributed by atoms with Gasteiger partial charge in [0.2, 0.25) is 0 Å². The molecule has 1 aromatic heterocycles. The van der Waals surface area contributed by atoms with Crippen LogP contribution in [-0.2, 0) is 6.54 Å². The Bertz CT molecular complexity index is 848. The molecular formula is C25H40FN3O. The number of benzene rings is 1. The van der Waals surface area contributed by atoms with Gasteiger partial charge in [-0.15, -0.1) is 0 Å². The summed E-state index contributed by atoms with van der Waals surface area (Å²) in [6, 6.07) is 4.48. The van der Waals surface area contributed by atoms with Crippen LogP contribution in [0.2, 0.25) is 0 Å². The first kappa shape index (κ1) is 24.5. The summed E-state index contributed by atoms with van der Waals surface area (Å²) < 4.78 is 15.6. The molecule has 2 rings (SSSR count). The van der Waals surface area contributed by atoms with E-state index in [0.717, 1.165) is 57.4 Å². The van der Waals surface area contributed by atoms with Crippen LogP contribution in [0.15, 0.2) is 23.0 Å². The van der Waals surface area contributed by atoms with Gasteiger partial charge in [-0.3, -0.25) is 14.3 Å². The molecule has 0 aliphatic heterocycles. The van der Waals surface area contributed by atoms with Crippen molar-refractivity contribution in [3.63, 3.8) is 0 Å². The van der Waals surface area contributed by atoms with Crippen molar-refractivity contribution in [3.05, 3.63) is 40.2 Å². The number of nitrogens with zero attached hydrogens (tertiary/aromatic N) is 3. The molecule has 0 saturated heterocycles. The van der Waals surface area contributed by atoms with Gasteiger partial charge in [-0.05, 0) is 62.9 Å². The zero-order chi connectivity index (χ0) is 22.1. The first-order valence-electron chi connectivity index (χ1n) is 11.9. The summed E-state index contributed by atoms with van der Waals surface area (Å²) in [5.74, 6) is 1.14. The Labute approximate surface area is 181 Å². The van der Waals surface area contributed by atoms with Gasteiger partial charge < -0.3 is 0 Å². The zero-order valence-corrected chi connectivity index (χ0v) is 19.6. The van der Waals surface area contributed by atoms with Crippen LogP contribution in [0.3, 0.4) is 0 Å². The second kappa shape index (κ2) is 12.2. The zero-order valence-electron chi connectivity index (χ0n) is 19.6. The average molecular weight is 418 g/mol. The van der Waals surface area contributed by atoms with Crippen molar-refractivity contribution in [2.24, 2.45) is 5.92 Å². The smallest absolute Gasteiger partial charge is 0.261 e. The average Bonchev–Trinajstić information content (AvgIpc) is 2.74. The molecule has 5 heteroatoms. The lowest BCUT2D eigenvalue weighted by Gasteiger charge is -2.33. The highest BCUT2D eigenvalue weighted by Crippen LogP contribution is 2.27. The Morgan fingerprint density at radius 2 is 1.83 bits per heavy atom. The van der Waals surface area contributed by atoms with Crippen LogP contribution in [0.1, 0.15) is 91.4 Å². The number of fused-ring (bicyclic) bond motifs is 1. The third kappa shape index (κ3) is 6.13. The van der Waals surface area contributed by atoms with Gasteiger partial charge in [0.05, 0.1) is 16.9 Å². The van der Waals surface area contributed by atoms with E-state index < -0.39 is 0 Å². The fraction of sp³-hybridized carbons (Fsp3) is 0.680. The molecule has 1 unspecified atom stereocenters. The molecule has 0 radical (unpaired) electrons. The fourth-order valence-electron chi connectivity index (χ4n) is 4.03. The van der Waals surface area contributed by atoms with Gasteiger partial charge in [-0.1, -0.05) is 53.9 Å². The lowest BCUT2D eigenvalue weighted by Crippen LogP contribution is -2.37. The molecule has 0 saturated carbocycles. The summed E-state index contributed by atoms with van der Waals surface area (Å²) in [6.45, 7) is 13.7. The monoisotopic (exact) mass is 417 g/mol. The fourth-order valence-corrected chi connectivity index (χ4v) is 4.03. The van der Waals surface area contributed by atoms with Gasteiger partial charge in [-0.2, -0.15) is 0 Å². The summed E-state index contributed by atoms with van der Waals surface area (Å²) in [7, 11) is 0. The van der Waals surface area contributed by atoms with Crippen molar-refractivity contribution < 1.29 is 4.39 Å². The van der Waals surface area contributed by atoms with Crippen molar-refractivity contribution in [1.29, 1.82) is 0 Å². The number of hydrogen-bond acceptors (Lipinski definition) is 3. The van der Waals surface area contributed by atoms with Crippen LogP contribution in [-0.4, -0.2) is 27.5 Å². The van der Waals surface area contributed by atoms with Crippen LogP contribution in [0.5, 0.6) is 0 Å². The summed E-state index contributed by atoms with van der Waals surface area (Å²) in [5.41, 5.74) is 0.483. The van der Waals surface area contributed by atoms with Gasteiger partial charge in [0.15, 0.2) is 0 Å². The molecule has 1 heterocycles. The topological polar surface area (TPSA) is 38.1 Å². The van der Waals surface area contributed by atoms with E-state index >= 15 is 0 Å². The molecule has 168 valence electrons. The SMILES string of the molecule is CCCCN(CCC(C)CC)[C@H](CCC)c1nc2ccc(F)cc2c(=O)n1CCC. The largest absolute Gasteiger partial charge is 0.295 e. The number of halogens is 1. The summed E-state index contributed by atoms with van der Waals surface area (Å²) in [5, 5.41) is 0.377. The highest BCUT2D eigenvalue weighted by molar-refractivity contribution is 5.77. The second-order valence-electron chi connectivity index (χ2n) is 8.58. The van der Waals surface area contributed by atoms with Crippen LogP contribution >= 0.6 is 0 Å². The second-order valence-corrected chi connectivity index (χ2v) is 8.58. The summed E-state index contributed by atoms with van der Waals surface area (Å²) in [4.78, 5) is 20.8. The lowest BCUT2D eigenvalue weighted by molar-refractivity contribution is 0.160. The third-order valence-corrected chi connectivity index (χ3v) is 6.10. The molecule has 0 fully saturated rings. The van der Waals surface area contributed by atoms with Crippen molar-refractivity contribution in [2.75, 3.05) is 13.1 Å². The van der Waals surface area contributed by atoms with E-state index in [1.54, 1.807) is 6.07 Å². The van der Waals surface area contributed by atoms with E-state index in [4.69, 9.17) is 4.98 Å². The molecule has 0 N–H and O–H groups in total. The molecular weight excluding hydrogens is 377 g/mol. The Hall–Kier alpha value is -1.75. The van der Waals surface area contributed by atoms with Crippen molar-refractivity contribution in [2.45, 2.75) is 92.2 Å². The molecule has 30 heavy (non-hydrogen) atoms. The van der Waals surface area contributed by atoms with Crippen LogP contribution in [0.4, 0.5) is 4.39 Å². The highest BCUT2D eigenvalue weighted by Gasteiger charge is 2.25. The molecule has 4 nitrogen and oxygen atoms in total. The van der Waals surface area contributed by atoms with Crippen molar-refractivity contribution in [1.82, 2.24) is 14.5 Å². The Morgan fingerprint density at radius 3 is 2.47 bits per heavy atom. The maximum atomic E-state index is 13.8. The summed E-state index contributed by atoms with van der Waals surface area (Å²) in [6.07, 6.45) is 7.45. The summed E-state index contributed by atoms with van der Waals surface area (Å²) >= 11 is 0. The van der Waals surface area contributed by atoms with E-state index in [-0.39, 0.29) is 17.4 Å². The van der Waals surface area contributed by atoms with Crippen molar-refractivity contribution in [3.8, 4) is 0 Å². The Morgan fingerprint density at radius 1 is 1.07 bits per heavy atom. The number of aromatic nitrogens is 2. The van der Waals surface area contributed by atoms with Gasteiger partial charge >= 0.3 is 0 Å². The standard InChI is InChI=1S/C25H40FN3O/c1-6-10-16-28(17-14-19(5)9-4)23(11-7-2)24-27-22-13-12-20(26)18-21(22)25(30)29(24)15-8-3/h12-13,18-19,23H,6-11,14-17H2,1-5H3/t19?,23-/m1/s1. The van der Waals surface area contributed by atoms with Crippen LogP contribution in [0.25, 0.3) is 10.9 Å². The molecule has 0 amide bonds. The Balaban J connectivity index is 2.57. The van der Waals surface area contributed by atoms with Crippen LogP contribution in [0, 0.1) is 11.7 Å². The van der Waals surface area contributed by atoms with E-state index in [2.05, 4.69) is 39.5 Å². The molecule has 1 aromatic carbocycles.